The summed E-state index contributed by atoms with van der Waals surface area (Å²) in [6.45, 7) is -0.377. The zero-order valence-electron chi connectivity index (χ0n) is 13.3. The van der Waals surface area contributed by atoms with Crippen LogP contribution in [-0.4, -0.2) is 37.5 Å². The molecule has 0 saturated carbocycles. The maximum absolute atomic E-state index is 12.0. The molecule has 0 aliphatic carbocycles. The third-order valence-corrected chi connectivity index (χ3v) is 3.41. The smallest absolute Gasteiger partial charge is 0.342 e. The van der Waals surface area contributed by atoms with Crippen molar-refractivity contribution in [2.45, 2.75) is 0 Å². The lowest BCUT2D eigenvalue weighted by Crippen LogP contribution is -2.21. The van der Waals surface area contributed by atoms with E-state index in [9.17, 15) is 14.7 Å². The Balaban J connectivity index is 1.58. The molecule has 1 heterocycles. The van der Waals surface area contributed by atoms with Crippen molar-refractivity contribution in [2.24, 2.45) is 0 Å². The summed E-state index contributed by atoms with van der Waals surface area (Å²) in [7, 11) is 1.43. The van der Waals surface area contributed by atoms with Crippen molar-refractivity contribution in [3.05, 3.63) is 42.0 Å². The standard InChI is InChI=1S/C17H15NO7/c1-22-11-3-4-13(19)12(7-11)17(21)23-8-16(20)18-10-2-5-14-15(6-10)25-9-24-14/h2-7,19H,8-9H2,1H3,(H,18,20). The zero-order valence-corrected chi connectivity index (χ0v) is 13.3. The number of methoxy groups -OCH3 is 1. The minimum absolute atomic E-state index is 0.0878. The average Bonchev–Trinajstić information content (AvgIpc) is 3.08. The molecule has 25 heavy (non-hydrogen) atoms. The first-order valence-electron chi connectivity index (χ1n) is 7.30. The number of aromatic hydroxyl groups is 1. The first-order chi connectivity index (χ1) is 12.1. The molecule has 130 valence electrons. The van der Waals surface area contributed by atoms with Crippen LogP contribution >= 0.6 is 0 Å². The van der Waals surface area contributed by atoms with Crippen LogP contribution in [0.25, 0.3) is 0 Å². The Kier molecular flexibility index (Phi) is 4.60. The largest absolute Gasteiger partial charge is 0.507 e. The van der Waals surface area contributed by atoms with E-state index in [0.29, 0.717) is 22.9 Å². The van der Waals surface area contributed by atoms with Crippen LogP contribution in [0.1, 0.15) is 10.4 Å². The molecule has 2 N–H and O–H groups in total. The Bertz CT molecular complexity index is 819. The van der Waals surface area contributed by atoms with Gasteiger partial charge >= 0.3 is 5.97 Å². The summed E-state index contributed by atoms with van der Waals surface area (Å²) < 4.78 is 20.3. The van der Waals surface area contributed by atoms with Gasteiger partial charge in [-0.2, -0.15) is 0 Å². The molecule has 0 saturated heterocycles. The number of carbonyl (C=O) groups excluding carboxylic acids is 2. The summed E-state index contributed by atoms with van der Waals surface area (Å²) in [5, 5.41) is 12.3. The van der Waals surface area contributed by atoms with Crippen LogP contribution in [0.2, 0.25) is 0 Å². The fourth-order valence-electron chi connectivity index (χ4n) is 2.19. The normalized spacial score (nSPS) is 11.7. The molecule has 8 nitrogen and oxygen atoms in total. The predicted octanol–water partition coefficient (Wildman–Crippen LogP) is 1.92. The minimum atomic E-state index is -0.836. The van der Waals surface area contributed by atoms with Crippen molar-refractivity contribution in [3.8, 4) is 23.0 Å². The number of anilines is 1. The second-order valence-corrected chi connectivity index (χ2v) is 5.08. The minimum Gasteiger partial charge on any atom is -0.507 e. The Morgan fingerprint density at radius 3 is 2.76 bits per heavy atom. The molecule has 2 aromatic carbocycles. The van der Waals surface area contributed by atoms with E-state index in [2.05, 4.69) is 5.32 Å². The molecule has 0 spiro atoms. The van der Waals surface area contributed by atoms with E-state index >= 15 is 0 Å². The van der Waals surface area contributed by atoms with Gasteiger partial charge in [-0.25, -0.2) is 4.79 Å². The van der Waals surface area contributed by atoms with Gasteiger partial charge in [0.15, 0.2) is 18.1 Å². The van der Waals surface area contributed by atoms with Crippen LogP contribution in [0.4, 0.5) is 5.69 Å². The molecular weight excluding hydrogens is 330 g/mol. The fraction of sp³-hybridized carbons (Fsp3) is 0.176. The third-order valence-electron chi connectivity index (χ3n) is 3.41. The summed E-state index contributed by atoms with van der Waals surface area (Å²) in [5.41, 5.74) is 0.393. The number of carbonyl (C=O) groups is 2. The average molecular weight is 345 g/mol. The van der Waals surface area contributed by atoms with Gasteiger partial charge in [-0.3, -0.25) is 4.79 Å². The van der Waals surface area contributed by atoms with Crippen molar-refractivity contribution in [3.63, 3.8) is 0 Å². The van der Waals surface area contributed by atoms with Crippen molar-refractivity contribution >= 4 is 17.6 Å². The monoisotopic (exact) mass is 345 g/mol. The van der Waals surface area contributed by atoms with Crippen LogP contribution in [0, 0.1) is 0 Å². The van der Waals surface area contributed by atoms with Gasteiger partial charge in [0, 0.05) is 11.8 Å². The number of amides is 1. The number of phenols is 1. The van der Waals surface area contributed by atoms with E-state index in [1.807, 2.05) is 0 Å². The Morgan fingerprint density at radius 2 is 1.96 bits per heavy atom. The van der Waals surface area contributed by atoms with Gasteiger partial charge in [-0.05, 0) is 30.3 Å². The number of hydrogen-bond donors (Lipinski definition) is 2. The van der Waals surface area contributed by atoms with Crippen LogP contribution in [0.3, 0.4) is 0 Å². The Morgan fingerprint density at radius 1 is 1.16 bits per heavy atom. The summed E-state index contributed by atoms with van der Waals surface area (Å²) in [5.74, 6) is -0.127. The van der Waals surface area contributed by atoms with Gasteiger partial charge in [-0.1, -0.05) is 0 Å². The number of phenolic OH excluding ortho intramolecular Hbond substituents is 1. The molecule has 0 aromatic heterocycles. The lowest BCUT2D eigenvalue weighted by molar-refractivity contribution is -0.119. The lowest BCUT2D eigenvalue weighted by Gasteiger charge is -2.09. The molecule has 1 amide bonds. The number of nitrogens with one attached hydrogen (secondary N) is 1. The molecule has 0 bridgehead atoms. The first kappa shape index (κ1) is 16.4. The first-order valence-corrected chi connectivity index (χ1v) is 7.30. The number of benzene rings is 2. The van der Waals surface area contributed by atoms with Gasteiger partial charge in [0.2, 0.25) is 6.79 Å². The maximum Gasteiger partial charge on any atom is 0.342 e. The molecular formula is C17H15NO7. The molecule has 1 aliphatic heterocycles. The lowest BCUT2D eigenvalue weighted by atomic mass is 10.2. The Hall–Kier alpha value is -3.42. The summed E-state index contributed by atoms with van der Waals surface area (Å²) >= 11 is 0. The van der Waals surface area contributed by atoms with Crippen molar-refractivity contribution in [2.75, 3.05) is 25.8 Å². The zero-order chi connectivity index (χ0) is 17.8. The molecule has 0 radical (unpaired) electrons. The molecule has 8 heteroatoms. The highest BCUT2D eigenvalue weighted by Gasteiger charge is 2.17. The highest BCUT2D eigenvalue weighted by atomic mass is 16.7. The quantitative estimate of drug-likeness (QED) is 0.798. The van der Waals surface area contributed by atoms with Crippen LogP contribution < -0.4 is 19.5 Å². The molecule has 3 rings (SSSR count). The van der Waals surface area contributed by atoms with Crippen LogP contribution in [-0.2, 0) is 9.53 Å². The van der Waals surface area contributed by atoms with Crippen LogP contribution in [0.5, 0.6) is 23.0 Å². The van der Waals surface area contributed by atoms with E-state index < -0.39 is 18.5 Å². The van der Waals surface area contributed by atoms with Gasteiger partial charge in [0.25, 0.3) is 5.91 Å². The number of ether oxygens (including phenoxy) is 4. The fourth-order valence-corrected chi connectivity index (χ4v) is 2.19. The number of rotatable bonds is 5. The second-order valence-electron chi connectivity index (χ2n) is 5.08. The van der Waals surface area contributed by atoms with E-state index in [0.717, 1.165) is 0 Å². The Labute approximate surface area is 142 Å². The summed E-state index contributed by atoms with van der Waals surface area (Å²) in [4.78, 5) is 23.9. The maximum atomic E-state index is 12.0. The SMILES string of the molecule is COc1ccc(O)c(C(=O)OCC(=O)Nc2ccc3c(c2)OCO3)c1. The van der Waals surface area contributed by atoms with E-state index in [-0.39, 0.29) is 18.1 Å². The molecule has 0 unspecified atom stereocenters. The number of hydrogen-bond acceptors (Lipinski definition) is 7. The highest BCUT2D eigenvalue weighted by Crippen LogP contribution is 2.34. The van der Waals surface area contributed by atoms with Crippen molar-refractivity contribution in [1.82, 2.24) is 0 Å². The van der Waals surface area contributed by atoms with Gasteiger partial charge in [-0.15, -0.1) is 0 Å². The number of fused-ring (bicyclic) bond motifs is 1. The molecule has 1 aliphatic rings. The summed E-state index contributed by atoms with van der Waals surface area (Å²) in [6, 6.07) is 9.04. The third kappa shape index (κ3) is 3.74. The second kappa shape index (κ2) is 7.00. The van der Waals surface area contributed by atoms with E-state index in [1.165, 1.54) is 25.3 Å². The van der Waals surface area contributed by atoms with Gasteiger partial charge < -0.3 is 29.4 Å². The highest BCUT2D eigenvalue weighted by molar-refractivity contribution is 5.97. The van der Waals surface area contributed by atoms with E-state index in [4.69, 9.17) is 18.9 Å². The number of esters is 1. The molecule has 0 atom stereocenters. The molecule has 2 aromatic rings. The van der Waals surface area contributed by atoms with Gasteiger partial charge in [0.1, 0.15) is 17.1 Å². The topological polar surface area (TPSA) is 103 Å². The predicted molar refractivity (Wildman–Crippen MR) is 86.1 cm³/mol. The van der Waals surface area contributed by atoms with Gasteiger partial charge in [0.05, 0.1) is 7.11 Å². The van der Waals surface area contributed by atoms with Crippen LogP contribution in [0.15, 0.2) is 36.4 Å². The summed E-state index contributed by atoms with van der Waals surface area (Å²) in [6.07, 6.45) is 0. The van der Waals surface area contributed by atoms with Crippen molar-refractivity contribution in [1.29, 1.82) is 0 Å². The van der Waals surface area contributed by atoms with E-state index in [1.54, 1.807) is 18.2 Å². The molecule has 0 fully saturated rings. The van der Waals surface area contributed by atoms with Crippen molar-refractivity contribution < 1.29 is 33.6 Å².